The van der Waals surface area contributed by atoms with E-state index < -0.39 is 44.0 Å². The molecule has 2 aromatic carbocycles. The van der Waals surface area contributed by atoms with Gasteiger partial charge in [0.1, 0.15) is 0 Å². The van der Waals surface area contributed by atoms with Gasteiger partial charge in [-0.3, -0.25) is 9.59 Å². The first-order chi connectivity index (χ1) is 18.3. The van der Waals surface area contributed by atoms with Crippen LogP contribution in [-0.4, -0.2) is 42.7 Å². The molecule has 39 heavy (non-hydrogen) atoms. The molecule has 3 aliphatic rings. The topological polar surface area (TPSA) is 113 Å². The van der Waals surface area contributed by atoms with E-state index in [1.165, 1.54) is 18.2 Å². The van der Waals surface area contributed by atoms with Crippen molar-refractivity contribution in [2.24, 2.45) is 17.3 Å². The van der Waals surface area contributed by atoms with Crippen molar-refractivity contribution in [2.45, 2.75) is 48.4 Å². The molecule has 5 rings (SSSR count). The number of aliphatic hydroxyl groups is 1. The number of allylic oxidation sites excluding steroid dienone is 1. The Hall–Kier alpha value is -2.89. The molecule has 0 aliphatic heterocycles. The molecular formula is C27H26ClF3N2O5S. The van der Waals surface area contributed by atoms with Gasteiger partial charge < -0.3 is 15.7 Å². The van der Waals surface area contributed by atoms with Crippen LogP contribution in [0.15, 0.2) is 47.4 Å². The Kier molecular flexibility index (Phi) is 6.84. The summed E-state index contributed by atoms with van der Waals surface area (Å²) in [6.07, 6.45) is 4.96. The number of amides is 2. The van der Waals surface area contributed by atoms with Crippen LogP contribution < -0.4 is 10.6 Å². The zero-order valence-corrected chi connectivity index (χ0v) is 22.4. The molecule has 12 heteroatoms. The highest BCUT2D eigenvalue weighted by atomic mass is 35.5. The molecule has 208 valence electrons. The Balaban J connectivity index is 1.36. The van der Waals surface area contributed by atoms with Crippen LogP contribution in [0.5, 0.6) is 0 Å². The van der Waals surface area contributed by atoms with Gasteiger partial charge in [-0.25, -0.2) is 21.6 Å². The second-order valence-corrected chi connectivity index (χ2v) is 13.1. The summed E-state index contributed by atoms with van der Waals surface area (Å²) in [6, 6.07) is 4.82. The van der Waals surface area contributed by atoms with E-state index in [0.717, 1.165) is 18.9 Å². The van der Waals surface area contributed by atoms with E-state index >= 15 is 0 Å². The lowest BCUT2D eigenvalue weighted by Gasteiger charge is -2.71. The van der Waals surface area contributed by atoms with Gasteiger partial charge in [-0.05, 0) is 74.1 Å². The minimum absolute atomic E-state index is 0.0288. The van der Waals surface area contributed by atoms with Crippen molar-refractivity contribution < 1.29 is 36.3 Å². The van der Waals surface area contributed by atoms with Gasteiger partial charge in [0, 0.05) is 29.9 Å². The second-order valence-electron chi connectivity index (χ2n) is 10.5. The monoisotopic (exact) mass is 582 g/mol. The van der Waals surface area contributed by atoms with Crippen molar-refractivity contribution >= 4 is 38.9 Å². The van der Waals surface area contributed by atoms with Crippen molar-refractivity contribution in [3.05, 3.63) is 70.5 Å². The highest BCUT2D eigenvalue weighted by Crippen LogP contribution is 2.76. The van der Waals surface area contributed by atoms with Crippen molar-refractivity contribution in [3.63, 3.8) is 0 Å². The summed E-state index contributed by atoms with van der Waals surface area (Å²) in [4.78, 5) is 24.4. The molecule has 0 radical (unpaired) electrons. The number of rotatable bonds is 7. The summed E-state index contributed by atoms with van der Waals surface area (Å²) in [5.74, 6) is -6.31. The Bertz CT molecular complexity index is 1490. The van der Waals surface area contributed by atoms with Crippen LogP contribution in [0.1, 0.15) is 43.0 Å². The number of hydrogen-bond acceptors (Lipinski definition) is 5. The molecule has 0 saturated heterocycles. The van der Waals surface area contributed by atoms with E-state index in [-0.39, 0.29) is 57.3 Å². The minimum Gasteiger partial charge on any atom is -0.387 e. The van der Waals surface area contributed by atoms with Crippen LogP contribution >= 0.6 is 11.6 Å². The van der Waals surface area contributed by atoms with E-state index in [4.69, 9.17) is 11.6 Å². The number of benzene rings is 2. The Labute approximate surface area is 228 Å². The normalized spacial score (nSPS) is 29.2. The zero-order valence-electron chi connectivity index (χ0n) is 20.8. The van der Waals surface area contributed by atoms with Gasteiger partial charge >= 0.3 is 0 Å². The van der Waals surface area contributed by atoms with Crippen LogP contribution in [0.4, 0.5) is 18.9 Å². The van der Waals surface area contributed by atoms with Gasteiger partial charge in [-0.2, -0.15) is 0 Å². The van der Waals surface area contributed by atoms with Gasteiger partial charge in [0.2, 0.25) is 5.91 Å². The fourth-order valence-corrected chi connectivity index (χ4v) is 9.26. The van der Waals surface area contributed by atoms with Crippen LogP contribution in [0.25, 0.3) is 0 Å². The summed E-state index contributed by atoms with van der Waals surface area (Å²) in [5.41, 5.74) is -2.01. The number of hydrogen-bond donors (Lipinski definition) is 3. The Morgan fingerprint density at radius 3 is 2.46 bits per heavy atom. The molecule has 3 saturated carbocycles. The molecule has 7 nitrogen and oxygen atoms in total. The lowest BCUT2D eigenvalue weighted by molar-refractivity contribution is -0.288. The van der Waals surface area contributed by atoms with Crippen molar-refractivity contribution in [3.8, 4) is 0 Å². The lowest BCUT2D eigenvalue weighted by atomic mass is 9.36. The summed E-state index contributed by atoms with van der Waals surface area (Å²) >= 11 is 6.26. The molecule has 3 aliphatic carbocycles. The van der Waals surface area contributed by atoms with Gasteiger partial charge in [0.15, 0.2) is 27.3 Å². The first-order valence-corrected chi connectivity index (χ1v) is 14.4. The van der Waals surface area contributed by atoms with Crippen molar-refractivity contribution in [2.75, 3.05) is 11.9 Å². The molecule has 0 aromatic heterocycles. The average molecular weight is 583 g/mol. The van der Waals surface area contributed by atoms with E-state index in [1.807, 2.05) is 0 Å². The third-order valence-corrected chi connectivity index (χ3v) is 11.3. The highest BCUT2D eigenvalue weighted by Gasteiger charge is 2.77. The number of sulfone groups is 1. The molecule has 0 heterocycles. The van der Waals surface area contributed by atoms with Gasteiger partial charge in [-0.1, -0.05) is 17.7 Å². The van der Waals surface area contributed by atoms with Gasteiger partial charge in [0.05, 0.1) is 20.8 Å². The molecule has 1 unspecified atom stereocenters. The summed E-state index contributed by atoms with van der Waals surface area (Å²) < 4.78 is 67.8. The molecule has 3 N–H and O–H groups in total. The van der Waals surface area contributed by atoms with Crippen LogP contribution in [0.2, 0.25) is 5.02 Å². The standard InChI is InChI=1S/C27H26ClF3N2O5S/c1-2-3-23(34)32-13-27(36)21-6-7-26(21)12-16(11-22(26)27)39(37,38)20-8-14(4-5-17(20)28)25(35)33-15-9-18(29)24(31)19(30)10-15/h2-5,8-10,16,21-22,36H,6-7,11-13H2,1H3,(H,32,34)(H,33,35)/b3-2+/t16-,21+,22?,26-,27+/m1/s1. The third-order valence-electron chi connectivity index (χ3n) is 8.64. The maximum Gasteiger partial charge on any atom is 0.255 e. The predicted octanol–water partition coefficient (Wildman–Crippen LogP) is 4.40. The third kappa shape index (κ3) is 4.35. The van der Waals surface area contributed by atoms with Crippen LogP contribution in [-0.2, 0) is 14.6 Å². The number of carbonyl (C=O) groups is 2. The van der Waals surface area contributed by atoms with E-state index in [1.54, 1.807) is 13.0 Å². The van der Waals surface area contributed by atoms with E-state index in [9.17, 15) is 36.3 Å². The van der Waals surface area contributed by atoms with Crippen molar-refractivity contribution in [1.29, 1.82) is 0 Å². The SMILES string of the molecule is C/C=C/C(=O)NC[C@@]1(O)C2C[C@@H](S(=O)(=O)c3cc(C(=O)Nc4cc(F)c(F)c(F)c4)ccc3Cl)C[C@@]23CC[C@@H]31. The number of anilines is 1. The molecular weight excluding hydrogens is 557 g/mol. The fraction of sp³-hybridized carbons (Fsp3) is 0.407. The number of nitrogens with one attached hydrogen (secondary N) is 2. The maximum absolute atomic E-state index is 13.8. The summed E-state index contributed by atoms with van der Waals surface area (Å²) in [5, 5.41) is 15.4. The average Bonchev–Trinajstić information content (AvgIpc) is 3.29. The fourth-order valence-electron chi connectivity index (χ4n) is 6.86. The number of halogens is 4. The minimum atomic E-state index is -4.05. The van der Waals surface area contributed by atoms with Crippen molar-refractivity contribution in [1.82, 2.24) is 5.32 Å². The smallest absolute Gasteiger partial charge is 0.255 e. The predicted molar refractivity (Wildman–Crippen MR) is 137 cm³/mol. The molecule has 3 fully saturated rings. The second kappa shape index (κ2) is 9.64. The van der Waals surface area contributed by atoms with E-state index in [0.29, 0.717) is 18.6 Å². The lowest BCUT2D eigenvalue weighted by Crippen LogP contribution is -2.75. The number of carbonyl (C=O) groups excluding carboxylic acids is 2. The van der Waals surface area contributed by atoms with Gasteiger partial charge in [-0.15, -0.1) is 0 Å². The van der Waals surface area contributed by atoms with E-state index in [2.05, 4.69) is 10.6 Å². The van der Waals surface area contributed by atoms with Crippen LogP contribution in [0.3, 0.4) is 0 Å². The first kappa shape index (κ1) is 27.7. The van der Waals surface area contributed by atoms with Gasteiger partial charge in [0.25, 0.3) is 5.91 Å². The Morgan fingerprint density at radius 2 is 1.85 bits per heavy atom. The molecule has 1 spiro atoms. The largest absolute Gasteiger partial charge is 0.387 e. The maximum atomic E-state index is 13.8. The first-order valence-electron chi connectivity index (χ1n) is 12.5. The quantitative estimate of drug-likeness (QED) is 0.331. The van der Waals surface area contributed by atoms with Crippen LogP contribution in [0, 0.1) is 34.7 Å². The molecule has 0 bridgehead atoms. The molecule has 2 amide bonds. The zero-order chi connectivity index (χ0) is 28.3. The summed E-state index contributed by atoms with van der Waals surface area (Å²) in [6.45, 7) is 1.73. The molecule has 5 atom stereocenters. The summed E-state index contributed by atoms with van der Waals surface area (Å²) in [7, 11) is -4.05. The Morgan fingerprint density at radius 1 is 1.15 bits per heavy atom. The molecule has 2 aromatic rings. The highest BCUT2D eigenvalue weighted by molar-refractivity contribution is 7.92.